The maximum Gasteiger partial charge on any atom is 0.344 e. The fraction of sp³-hybridized carbons (Fsp3) is 0.312. The number of anilines is 1. The fourth-order valence-electron chi connectivity index (χ4n) is 2.13. The summed E-state index contributed by atoms with van der Waals surface area (Å²) in [6.45, 7) is 2.61. The lowest BCUT2D eigenvalue weighted by atomic mass is 10.2. The lowest BCUT2D eigenvalue weighted by Gasteiger charge is -2.22. The van der Waals surface area contributed by atoms with Gasteiger partial charge < -0.3 is 14.8 Å². The average molecular weight is 381 g/mol. The number of nitrogens with one attached hydrogen (secondary N) is 1. The number of nitrogens with zero attached hydrogens (tertiary/aromatic N) is 2. The SMILES string of the molecule is CCOC(=O)C1=CN(CC(=O)Nc2ccc(OC)cc2)S(=O)(=O)N=C1C. The van der Waals surface area contributed by atoms with Crippen molar-refractivity contribution in [2.45, 2.75) is 13.8 Å². The Bertz CT molecular complexity index is 858. The van der Waals surface area contributed by atoms with Crippen LogP contribution >= 0.6 is 0 Å². The number of methoxy groups -OCH3 is 1. The molecule has 1 aromatic carbocycles. The van der Waals surface area contributed by atoms with E-state index in [4.69, 9.17) is 9.47 Å². The van der Waals surface area contributed by atoms with Crippen LogP contribution in [-0.4, -0.2) is 50.6 Å². The Morgan fingerprint density at radius 1 is 1.23 bits per heavy atom. The molecule has 0 fully saturated rings. The van der Waals surface area contributed by atoms with Gasteiger partial charge in [0.2, 0.25) is 5.91 Å². The highest BCUT2D eigenvalue weighted by atomic mass is 32.2. The molecule has 1 aliphatic rings. The van der Waals surface area contributed by atoms with E-state index in [1.165, 1.54) is 14.0 Å². The Morgan fingerprint density at radius 3 is 2.46 bits per heavy atom. The van der Waals surface area contributed by atoms with E-state index < -0.39 is 28.6 Å². The van der Waals surface area contributed by atoms with Crippen molar-refractivity contribution in [2.24, 2.45) is 4.40 Å². The zero-order valence-corrected chi connectivity index (χ0v) is 15.4. The summed E-state index contributed by atoms with van der Waals surface area (Å²) in [5.41, 5.74) is 0.466. The molecule has 1 heterocycles. The molecule has 1 N–H and O–H groups in total. The van der Waals surface area contributed by atoms with Gasteiger partial charge in [0.05, 0.1) is 25.0 Å². The zero-order chi connectivity index (χ0) is 19.3. The van der Waals surface area contributed by atoms with E-state index in [2.05, 4.69) is 9.71 Å². The summed E-state index contributed by atoms with van der Waals surface area (Å²) in [7, 11) is -2.58. The van der Waals surface area contributed by atoms with Crippen LogP contribution in [0.15, 0.2) is 40.4 Å². The van der Waals surface area contributed by atoms with Crippen LogP contribution < -0.4 is 10.1 Å². The monoisotopic (exact) mass is 381 g/mol. The quantitative estimate of drug-likeness (QED) is 0.738. The number of hydrogen-bond donors (Lipinski definition) is 1. The third kappa shape index (κ3) is 4.60. The van der Waals surface area contributed by atoms with Crippen LogP contribution in [0.1, 0.15) is 13.8 Å². The van der Waals surface area contributed by atoms with Crippen LogP contribution in [0.2, 0.25) is 0 Å². The Kier molecular flexibility index (Phi) is 5.98. The van der Waals surface area contributed by atoms with E-state index >= 15 is 0 Å². The second-order valence-electron chi connectivity index (χ2n) is 5.24. The smallest absolute Gasteiger partial charge is 0.344 e. The van der Waals surface area contributed by atoms with E-state index in [0.29, 0.717) is 15.7 Å². The number of carbonyl (C=O) groups is 2. The first-order valence-corrected chi connectivity index (χ1v) is 9.08. The van der Waals surface area contributed by atoms with Gasteiger partial charge in [-0.2, -0.15) is 8.42 Å². The highest BCUT2D eigenvalue weighted by Gasteiger charge is 2.30. The topological polar surface area (TPSA) is 114 Å². The Balaban J connectivity index is 2.14. The molecule has 9 nitrogen and oxygen atoms in total. The molecular weight excluding hydrogens is 362 g/mol. The Morgan fingerprint density at radius 2 is 1.88 bits per heavy atom. The number of esters is 1. The Labute approximate surface area is 151 Å². The number of ether oxygens (including phenoxy) is 2. The molecule has 140 valence electrons. The highest BCUT2D eigenvalue weighted by Crippen LogP contribution is 2.18. The number of benzene rings is 1. The van der Waals surface area contributed by atoms with Gasteiger partial charge in [0.1, 0.15) is 12.3 Å². The minimum atomic E-state index is -4.10. The van der Waals surface area contributed by atoms with Crippen molar-refractivity contribution in [1.29, 1.82) is 0 Å². The molecule has 0 aromatic heterocycles. The van der Waals surface area contributed by atoms with Crippen LogP contribution in [-0.2, 0) is 24.5 Å². The summed E-state index contributed by atoms with van der Waals surface area (Å²) in [5, 5.41) is 2.56. The summed E-state index contributed by atoms with van der Waals surface area (Å²) >= 11 is 0. The first-order valence-electron chi connectivity index (χ1n) is 7.68. The summed E-state index contributed by atoms with van der Waals surface area (Å²) in [4.78, 5) is 24.1. The van der Waals surface area contributed by atoms with Crippen molar-refractivity contribution < 1.29 is 27.5 Å². The van der Waals surface area contributed by atoms with Crippen molar-refractivity contribution in [1.82, 2.24) is 4.31 Å². The van der Waals surface area contributed by atoms with Crippen molar-refractivity contribution in [2.75, 3.05) is 25.6 Å². The summed E-state index contributed by atoms with van der Waals surface area (Å²) in [5.74, 6) is -0.675. The molecule has 10 heteroatoms. The molecule has 0 saturated carbocycles. The van der Waals surface area contributed by atoms with Crippen LogP contribution in [0.3, 0.4) is 0 Å². The predicted molar refractivity (Wildman–Crippen MR) is 95.1 cm³/mol. The van der Waals surface area contributed by atoms with Crippen molar-refractivity contribution in [3.8, 4) is 5.75 Å². The second-order valence-corrected chi connectivity index (χ2v) is 6.79. The van der Waals surface area contributed by atoms with Gasteiger partial charge in [-0.1, -0.05) is 0 Å². The van der Waals surface area contributed by atoms with Gasteiger partial charge in [0, 0.05) is 11.9 Å². The summed E-state index contributed by atoms with van der Waals surface area (Å²) in [6.07, 6.45) is 1.06. The van der Waals surface area contributed by atoms with Crippen molar-refractivity contribution in [3.05, 3.63) is 36.0 Å². The molecule has 0 unspecified atom stereocenters. The first kappa shape index (κ1) is 19.4. The standard InChI is InChI=1S/C16H19N3O6S/c1-4-25-16(21)14-9-19(26(22,23)18-11(14)2)10-15(20)17-12-5-7-13(24-3)8-6-12/h5-9H,4,10H2,1-3H3,(H,17,20). The number of rotatable bonds is 6. The van der Waals surface area contributed by atoms with Crippen molar-refractivity contribution in [3.63, 3.8) is 0 Å². The predicted octanol–water partition coefficient (Wildman–Crippen LogP) is 1.10. The Hall–Kier alpha value is -2.88. The maximum atomic E-state index is 12.2. The minimum Gasteiger partial charge on any atom is -0.497 e. The van der Waals surface area contributed by atoms with E-state index in [0.717, 1.165) is 6.20 Å². The van der Waals surface area contributed by atoms with E-state index in [9.17, 15) is 18.0 Å². The van der Waals surface area contributed by atoms with Gasteiger partial charge in [-0.25, -0.2) is 9.10 Å². The van der Waals surface area contributed by atoms with Gasteiger partial charge in [-0.3, -0.25) is 4.79 Å². The van der Waals surface area contributed by atoms with Gasteiger partial charge in [0.15, 0.2) is 0 Å². The fourth-order valence-corrected chi connectivity index (χ4v) is 3.20. The molecule has 1 amide bonds. The number of amides is 1. The molecule has 0 atom stereocenters. The van der Waals surface area contributed by atoms with Gasteiger partial charge >= 0.3 is 16.2 Å². The molecular formula is C16H19N3O6S. The molecule has 2 rings (SSSR count). The van der Waals surface area contributed by atoms with Crippen molar-refractivity contribution >= 4 is 33.5 Å². The molecule has 0 bridgehead atoms. The molecule has 1 aliphatic heterocycles. The third-order valence-electron chi connectivity index (χ3n) is 3.38. The molecule has 0 saturated heterocycles. The molecule has 26 heavy (non-hydrogen) atoms. The van der Waals surface area contributed by atoms with Crippen LogP contribution in [0.25, 0.3) is 0 Å². The van der Waals surface area contributed by atoms with Crippen LogP contribution in [0.5, 0.6) is 5.75 Å². The molecule has 0 radical (unpaired) electrons. The van der Waals surface area contributed by atoms with Crippen LogP contribution in [0.4, 0.5) is 5.69 Å². The van der Waals surface area contributed by atoms with Gasteiger partial charge in [-0.15, -0.1) is 4.40 Å². The number of hydrogen-bond acceptors (Lipinski definition) is 6. The summed E-state index contributed by atoms with van der Waals surface area (Å²) < 4.78 is 38.4. The highest BCUT2D eigenvalue weighted by molar-refractivity contribution is 7.88. The lowest BCUT2D eigenvalue weighted by Crippen LogP contribution is -2.37. The molecule has 0 spiro atoms. The van der Waals surface area contributed by atoms with E-state index in [-0.39, 0.29) is 17.9 Å². The zero-order valence-electron chi connectivity index (χ0n) is 14.6. The summed E-state index contributed by atoms with van der Waals surface area (Å²) in [6, 6.07) is 6.53. The molecule has 1 aromatic rings. The lowest BCUT2D eigenvalue weighted by molar-refractivity contribution is -0.138. The van der Waals surface area contributed by atoms with E-state index in [1.54, 1.807) is 31.2 Å². The van der Waals surface area contributed by atoms with Gasteiger partial charge in [-0.05, 0) is 38.1 Å². The second kappa shape index (κ2) is 8.00. The average Bonchev–Trinajstić information content (AvgIpc) is 2.57. The van der Waals surface area contributed by atoms with Crippen LogP contribution in [0, 0.1) is 0 Å². The van der Waals surface area contributed by atoms with E-state index in [1.807, 2.05) is 0 Å². The van der Waals surface area contributed by atoms with Gasteiger partial charge in [0.25, 0.3) is 0 Å². The largest absolute Gasteiger partial charge is 0.497 e. The number of carbonyl (C=O) groups excluding carboxylic acids is 2. The minimum absolute atomic E-state index is 0.00950. The molecule has 0 aliphatic carbocycles. The maximum absolute atomic E-state index is 12.2. The first-order chi connectivity index (χ1) is 12.3. The normalized spacial score (nSPS) is 15.6. The third-order valence-corrected chi connectivity index (χ3v) is 4.71.